The molecule has 112 valence electrons. The number of hydrogen-bond donors (Lipinski definition) is 2. The van der Waals surface area contributed by atoms with Crippen molar-refractivity contribution in [3.63, 3.8) is 0 Å². The minimum atomic E-state index is -0.471. The molecule has 4 heteroatoms. The lowest BCUT2D eigenvalue weighted by atomic mass is 9.54. The standard InChI is InChI=1S/C17H21ClN2O/c18-15-8-13(1-2-14(15)17(19)21)20-16-11-4-9-3-10(6-11)7-12(16)5-9/h1-2,8-12,16,20H,3-7H2,(H2,19,21). The molecule has 0 aromatic heterocycles. The third kappa shape index (κ3) is 2.32. The Morgan fingerprint density at radius 3 is 2.24 bits per heavy atom. The molecule has 21 heavy (non-hydrogen) atoms. The normalized spacial score (nSPS) is 36.7. The smallest absolute Gasteiger partial charge is 0.250 e. The maximum Gasteiger partial charge on any atom is 0.250 e. The summed E-state index contributed by atoms with van der Waals surface area (Å²) >= 11 is 6.15. The Balaban J connectivity index is 1.54. The zero-order valence-corrected chi connectivity index (χ0v) is 12.8. The van der Waals surface area contributed by atoms with Crippen LogP contribution in [0.1, 0.15) is 42.5 Å². The fourth-order valence-electron chi connectivity index (χ4n) is 5.16. The average molecular weight is 305 g/mol. The quantitative estimate of drug-likeness (QED) is 0.895. The summed E-state index contributed by atoms with van der Waals surface area (Å²) in [6, 6.07) is 6.07. The predicted molar refractivity (Wildman–Crippen MR) is 84.4 cm³/mol. The van der Waals surface area contributed by atoms with Gasteiger partial charge in [-0.25, -0.2) is 0 Å². The van der Waals surface area contributed by atoms with Crippen molar-refractivity contribution < 1.29 is 4.79 Å². The first-order valence-corrected chi connectivity index (χ1v) is 8.34. The van der Waals surface area contributed by atoms with E-state index in [9.17, 15) is 4.79 Å². The molecule has 4 bridgehead atoms. The molecule has 0 radical (unpaired) electrons. The topological polar surface area (TPSA) is 55.1 Å². The number of hydrogen-bond acceptors (Lipinski definition) is 2. The van der Waals surface area contributed by atoms with Gasteiger partial charge in [0, 0.05) is 11.7 Å². The van der Waals surface area contributed by atoms with E-state index < -0.39 is 5.91 Å². The third-order valence-corrected chi connectivity index (χ3v) is 6.11. The maximum atomic E-state index is 11.2. The van der Waals surface area contributed by atoms with Crippen LogP contribution in [-0.2, 0) is 0 Å². The Hall–Kier alpha value is -1.22. The first-order chi connectivity index (χ1) is 10.1. The van der Waals surface area contributed by atoms with Gasteiger partial charge >= 0.3 is 0 Å². The van der Waals surface area contributed by atoms with E-state index >= 15 is 0 Å². The molecule has 0 atom stereocenters. The Labute approximate surface area is 130 Å². The molecule has 5 rings (SSSR count). The summed E-state index contributed by atoms with van der Waals surface area (Å²) in [5.41, 5.74) is 6.71. The minimum absolute atomic E-state index is 0.396. The van der Waals surface area contributed by atoms with Gasteiger partial charge in [0.15, 0.2) is 0 Å². The Morgan fingerprint density at radius 1 is 1.10 bits per heavy atom. The van der Waals surface area contributed by atoms with Crippen LogP contribution in [0.15, 0.2) is 18.2 Å². The van der Waals surface area contributed by atoms with Crippen LogP contribution in [0.2, 0.25) is 5.02 Å². The largest absolute Gasteiger partial charge is 0.382 e. The van der Waals surface area contributed by atoms with E-state index in [0.29, 0.717) is 16.6 Å². The highest BCUT2D eigenvalue weighted by Crippen LogP contribution is 2.54. The van der Waals surface area contributed by atoms with Crippen LogP contribution < -0.4 is 11.1 Å². The lowest BCUT2D eigenvalue weighted by Gasteiger charge is -2.54. The molecule has 1 aromatic carbocycles. The number of carbonyl (C=O) groups excluding carboxylic acids is 1. The number of anilines is 1. The van der Waals surface area contributed by atoms with Crippen molar-refractivity contribution in [1.29, 1.82) is 0 Å². The lowest BCUT2D eigenvalue weighted by Crippen LogP contribution is -2.51. The van der Waals surface area contributed by atoms with Crippen molar-refractivity contribution in [2.24, 2.45) is 29.4 Å². The summed E-state index contributed by atoms with van der Waals surface area (Å²) in [7, 11) is 0. The summed E-state index contributed by atoms with van der Waals surface area (Å²) in [6.45, 7) is 0. The van der Waals surface area contributed by atoms with Gasteiger partial charge in [0.25, 0.3) is 0 Å². The van der Waals surface area contributed by atoms with Crippen molar-refractivity contribution in [2.75, 3.05) is 5.32 Å². The van der Waals surface area contributed by atoms with Gasteiger partial charge in [-0.1, -0.05) is 11.6 Å². The van der Waals surface area contributed by atoms with Gasteiger partial charge < -0.3 is 11.1 Å². The van der Waals surface area contributed by atoms with Gasteiger partial charge in [0.05, 0.1) is 10.6 Å². The summed E-state index contributed by atoms with van der Waals surface area (Å²) in [6.07, 6.45) is 7.02. The Bertz CT molecular complexity index is 558. The van der Waals surface area contributed by atoms with Crippen LogP contribution in [0, 0.1) is 23.7 Å². The van der Waals surface area contributed by atoms with Crippen LogP contribution in [0.3, 0.4) is 0 Å². The molecule has 4 aliphatic carbocycles. The molecule has 3 nitrogen and oxygen atoms in total. The monoisotopic (exact) mass is 304 g/mol. The number of benzene rings is 1. The molecular weight excluding hydrogens is 284 g/mol. The number of carbonyl (C=O) groups is 1. The molecule has 1 amide bonds. The Morgan fingerprint density at radius 2 is 1.71 bits per heavy atom. The summed E-state index contributed by atoms with van der Waals surface area (Å²) in [5.74, 6) is 3.12. The van der Waals surface area contributed by atoms with E-state index in [4.69, 9.17) is 17.3 Å². The van der Waals surface area contributed by atoms with Gasteiger partial charge in [0.1, 0.15) is 0 Å². The van der Waals surface area contributed by atoms with Gasteiger partial charge in [-0.05, 0) is 74.0 Å². The zero-order chi connectivity index (χ0) is 14.6. The third-order valence-electron chi connectivity index (χ3n) is 5.79. The van der Waals surface area contributed by atoms with E-state index in [1.165, 1.54) is 32.1 Å². The van der Waals surface area contributed by atoms with Crippen molar-refractivity contribution >= 4 is 23.2 Å². The molecule has 0 saturated heterocycles. The van der Waals surface area contributed by atoms with Crippen LogP contribution in [-0.4, -0.2) is 11.9 Å². The second-order valence-corrected chi connectivity index (χ2v) is 7.57. The van der Waals surface area contributed by atoms with Gasteiger partial charge in [-0.3, -0.25) is 4.79 Å². The van der Waals surface area contributed by atoms with E-state index in [1.54, 1.807) is 6.07 Å². The molecule has 0 spiro atoms. The fraction of sp³-hybridized carbons (Fsp3) is 0.588. The molecule has 0 aliphatic heterocycles. The van der Waals surface area contributed by atoms with Gasteiger partial charge in [0.2, 0.25) is 5.91 Å². The summed E-state index contributed by atoms with van der Waals surface area (Å²) < 4.78 is 0. The minimum Gasteiger partial charge on any atom is -0.382 e. The number of nitrogens with two attached hydrogens (primary N) is 1. The van der Waals surface area contributed by atoms with Crippen LogP contribution >= 0.6 is 11.6 Å². The van der Waals surface area contributed by atoms with Crippen LogP contribution in [0.5, 0.6) is 0 Å². The number of rotatable bonds is 3. The SMILES string of the molecule is NC(=O)c1ccc(NC2C3CC4CC(C3)CC2C4)cc1Cl. The highest BCUT2D eigenvalue weighted by atomic mass is 35.5. The highest BCUT2D eigenvalue weighted by Gasteiger charge is 2.48. The predicted octanol–water partition coefficient (Wildman–Crippen LogP) is 3.68. The van der Waals surface area contributed by atoms with Crippen molar-refractivity contribution in [3.05, 3.63) is 28.8 Å². The molecule has 4 fully saturated rings. The molecule has 0 heterocycles. The van der Waals surface area contributed by atoms with Crippen LogP contribution in [0.4, 0.5) is 5.69 Å². The second-order valence-electron chi connectivity index (χ2n) is 7.16. The van der Waals surface area contributed by atoms with E-state index in [1.807, 2.05) is 12.1 Å². The maximum absolute atomic E-state index is 11.2. The zero-order valence-electron chi connectivity index (χ0n) is 12.0. The molecular formula is C17H21ClN2O. The first-order valence-electron chi connectivity index (χ1n) is 7.96. The van der Waals surface area contributed by atoms with Gasteiger partial charge in [-0.15, -0.1) is 0 Å². The lowest BCUT2D eigenvalue weighted by molar-refractivity contribution is 0.00754. The summed E-state index contributed by atoms with van der Waals surface area (Å²) in [4.78, 5) is 11.2. The molecule has 3 N–H and O–H groups in total. The highest BCUT2D eigenvalue weighted by molar-refractivity contribution is 6.34. The van der Waals surface area contributed by atoms with E-state index in [0.717, 1.165) is 29.4 Å². The first kappa shape index (κ1) is 13.4. The molecule has 0 unspecified atom stereocenters. The number of primary amides is 1. The number of nitrogens with one attached hydrogen (secondary N) is 1. The summed E-state index contributed by atoms with van der Waals surface area (Å²) in [5, 5.41) is 4.14. The van der Waals surface area contributed by atoms with Crippen molar-refractivity contribution in [1.82, 2.24) is 0 Å². The fourth-order valence-corrected chi connectivity index (χ4v) is 5.43. The second kappa shape index (κ2) is 4.91. The molecule has 1 aromatic rings. The Kier molecular flexibility index (Phi) is 3.14. The number of amides is 1. The van der Waals surface area contributed by atoms with Gasteiger partial charge in [-0.2, -0.15) is 0 Å². The molecule has 4 saturated carbocycles. The molecule has 4 aliphatic rings. The van der Waals surface area contributed by atoms with Crippen molar-refractivity contribution in [3.8, 4) is 0 Å². The van der Waals surface area contributed by atoms with Crippen LogP contribution in [0.25, 0.3) is 0 Å². The van der Waals surface area contributed by atoms with E-state index in [-0.39, 0.29) is 0 Å². The number of halogens is 1. The van der Waals surface area contributed by atoms with E-state index in [2.05, 4.69) is 5.32 Å². The average Bonchev–Trinajstić information content (AvgIpc) is 2.41. The van der Waals surface area contributed by atoms with Crippen molar-refractivity contribution in [2.45, 2.75) is 38.1 Å².